The summed E-state index contributed by atoms with van der Waals surface area (Å²) in [5.74, 6) is -1.86. The van der Waals surface area contributed by atoms with E-state index in [0.29, 0.717) is 16.9 Å². The SMILES string of the molecule is C=CCNS(=O)(=O)Cc1ccc(NC(=O)C2=NN(c3ccc(F)cc3)C(C(N)=O)C2)cc1. The Labute approximate surface area is 184 Å². The zero-order valence-electron chi connectivity index (χ0n) is 17.0. The number of hydrazone groups is 1. The highest BCUT2D eigenvalue weighted by molar-refractivity contribution is 7.88. The highest BCUT2D eigenvalue weighted by atomic mass is 32.2. The molecular weight excluding hydrogens is 437 g/mol. The van der Waals surface area contributed by atoms with Crippen molar-refractivity contribution in [3.05, 3.63) is 72.6 Å². The van der Waals surface area contributed by atoms with Gasteiger partial charge in [-0.05, 0) is 42.0 Å². The third-order valence-corrected chi connectivity index (χ3v) is 5.93. The molecule has 4 N–H and O–H groups in total. The van der Waals surface area contributed by atoms with E-state index in [1.807, 2.05) is 0 Å². The normalized spacial score (nSPS) is 15.8. The molecule has 1 unspecified atom stereocenters. The van der Waals surface area contributed by atoms with Gasteiger partial charge in [0.1, 0.15) is 17.6 Å². The van der Waals surface area contributed by atoms with Crippen LogP contribution in [0.4, 0.5) is 15.8 Å². The predicted octanol–water partition coefficient (Wildman–Crippen LogP) is 1.49. The molecule has 168 valence electrons. The summed E-state index contributed by atoms with van der Waals surface area (Å²) < 4.78 is 39.5. The highest BCUT2D eigenvalue weighted by Gasteiger charge is 2.35. The van der Waals surface area contributed by atoms with E-state index >= 15 is 0 Å². The van der Waals surface area contributed by atoms with Crippen molar-refractivity contribution in [1.82, 2.24) is 4.72 Å². The minimum absolute atomic E-state index is 0.0101. The van der Waals surface area contributed by atoms with Crippen molar-refractivity contribution in [1.29, 1.82) is 0 Å². The first-order valence-corrected chi connectivity index (χ1v) is 11.2. The molecule has 32 heavy (non-hydrogen) atoms. The molecule has 1 aliphatic rings. The number of hydrogen-bond acceptors (Lipinski definition) is 6. The molecule has 0 aliphatic carbocycles. The molecule has 0 spiro atoms. The largest absolute Gasteiger partial charge is 0.368 e. The monoisotopic (exact) mass is 459 g/mol. The molecule has 0 aromatic heterocycles. The van der Waals surface area contributed by atoms with Gasteiger partial charge in [-0.2, -0.15) is 5.10 Å². The summed E-state index contributed by atoms with van der Waals surface area (Å²) in [4.78, 5) is 24.5. The van der Waals surface area contributed by atoms with Crippen molar-refractivity contribution >= 4 is 38.9 Å². The van der Waals surface area contributed by atoms with E-state index in [9.17, 15) is 22.4 Å². The minimum atomic E-state index is -3.50. The van der Waals surface area contributed by atoms with E-state index in [-0.39, 0.29) is 24.4 Å². The second-order valence-electron chi connectivity index (χ2n) is 7.04. The summed E-state index contributed by atoms with van der Waals surface area (Å²) in [7, 11) is -3.50. The Morgan fingerprint density at radius 1 is 1.19 bits per heavy atom. The fourth-order valence-corrected chi connectivity index (χ4v) is 4.15. The first-order chi connectivity index (χ1) is 15.2. The summed E-state index contributed by atoms with van der Waals surface area (Å²) >= 11 is 0. The average molecular weight is 460 g/mol. The molecule has 2 aromatic rings. The van der Waals surface area contributed by atoms with Crippen LogP contribution >= 0.6 is 0 Å². The zero-order chi connectivity index (χ0) is 23.3. The maximum absolute atomic E-state index is 13.2. The van der Waals surface area contributed by atoms with Crippen LogP contribution in [0.5, 0.6) is 0 Å². The number of carbonyl (C=O) groups excluding carboxylic acids is 2. The third kappa shape index (κ3) is 5.77. The van der Waals surface area contributed by atoms with Crippen molar-refractivity contribution in [2.45, 2.75) is 18.2 Å². The zero-order valence-corrected chi connectivity index (χ0v) is 17.8. The van der Waals surface area contributed by atoms with E-state index in [1.54, 1.807) is 24.3 Å². The van der Waals surface area contributed by atoms with Gasteiger partial charge in [-0.1, -0.05) is 18.2 Å². The molecule has 11 heteroatoms. The Hall–Kier alpha value is -3.57. The van der Waals surface area contributed by atoms with Gasteiger partial charge in [0.25, 0.3) is 5.91 Å². The number of amides is 2. The number of halogens is 1. The predicted molar refractivity (Wildman–Crippen MR) is 120 cm³/mol. The van der Waals surface area contributed by atoms with Crippen LogP contribution in [0.15, 0.2) is 66.3 Å². The van der Waals surface area contributed by atoms with Crippen LogP contribution < -0.4 is 20.8 Å². The summed E-state index contributed by atoms with van der Waals surface area (Å²) in [5, 5.41) is 8.15. The fourth-order valence-electron chi connectivity index (χ4n) is 3.04. The Kier molecular flexibility index (Phi) is 7.01. The number of sulfonamides is 1. The van der Waals surface area contributed by atoms with Gasteiger partial charge in [-0.3, -0.25) is 14.6 Å². The number of primary amides is 1. The smallest absolute Gasteiger partial charge is 0.271 e. The number of benzene rings is 2. The molecule has 0 saturated carbocycles. The third-order valence-electron chi connectivity index (χ3n) is 4.61. The van der Waals surface area contributed by atoms with Crippen LogP contribution in [0, 0.1) is 5.82 Å². The van der Waals surface area contributed by atoms with Crippen molar-refractivity contribution in [3.63, 3.8) is 0 Å². The minimum Gasteiger partial charge on any atom is -0.368 e. The Bertz CT molecular complexity index is 1150. The molecule has 9 nitrogen and oxygen atoms in total. The highest BCUT2D eigenvalue weighted by Crippen LogP contribution is 2.25. The molecule has 0 saturated heterocycles. The maximum Gasteiger partial charge on any atom is 0.271 e. The molecular formula is C21H22FN5O4S. The van der Waals surface area contributed by atoms with Gasteiger partial charge in [-0.25, -0.2) is 17.5 Å². The number of hydrogen-bond donors (Lipinski definition) is 3. The van der Waals surface area contributed by atoms with Crippen LogP contribution in [0.3, 0.4) is 0 Å². The van der Waals surface area contributed by atoms with E-state index in [1.165, 1.54) is 35.4 Å². The Morgan fingerprint density at radius 2 is 1.84 bits per heavy atom. The lowest BCUT2D eigenvalue weighted by Crippen LogP contribution is -2.39. The summed E-state index contributed by atoms with van der Waals surface area (Å²) in [5.41, 5.74) is 6.92. The van der Waals surface area contributed by atoms with Crippen LogP contribution in [0.25, 0.3) is 0 Å². The van der Waals surface area contributed by atoms with Crippen LogP contribution in [-0.2, 0) is 25.4 Å². The van der Waals surface area contributed by atoms with Crippen LogP contribution in [0.1, 0.15) is 12.0 Å². The average Bonchev–Trinajstić information content (AvgIpc) is 3.20. The molecule has 0 bridgehead atoms. The number of carbonyl (C=O) groups is 2. The number of nitrogens with zero attached hydrogens (tertiary/aromatic N) is 2. The molecule has 1 atom stereocenters. The van der Waals surface area contributed by atoms with E-state index in [2.05, 4.69) is 21.7 Å². The lowest BCUT2D eigenvalue weighted by molar-refractivity contribution is -0.119. The van der Waals surface area contributed by atoms with Crippen LogP contribution in [-0.4, -0.2) is 38.5 Å². The molecule has 1 heterocycles. The molecule has 2 aromatic carbocycles. The maximum atomic E-state index is 13.2. The number of rotatable bonds is 9. The van der Waals surface area contributed by atoms with E-state index in [4.69, 9.17) is 5.73 Å². The van der Waals surface area contributed by atoms with Crippen molar-refractivity contribution in [2.24, 2.45) is 10.8 Å². The number of nitrogens with two attached hydrogens (primary N) is 1. The van der Waals surface area contributed by atoms with Gasteiger partial charge >= 0.3 is 0 Å². The number of nitrogens with one attached hydrogen (secondary N) is 2. The van der Waals surface area contributed by atoms with Crippen molar-refractivity contribution in [2.75, 3.05) is 16.9 Å². The second-order valence-corrected chi connectivity index (χ2v) is 8.84. The lowest BCUT2D eigenvalue weighted by atomic mass is 10.1. The first-order valence-electron chi connectivity index (χ1n) is 9.58. The van der Waals surface area contributed by atoms with Gasteiger partial charge in [-0.15, -0.1) is 6.58 Å². The fraction of sp³-hybridized carbons (Fsp3) is 0.190. The summed E-state index contributed by atoms with van der Waals surface area (Å²) in [6.45, 7) is 3.60. The van der Waals surface area contributed by atoms with Gasteiger partial charge in [0.2, 0.25) is 15.9 Å². The second kappa shape index (κ2) is 9.71. The summed E-state index contributed by atoms with van der Waals surface area (Å²) in [6.07, 6.45) is 1.44. The first kappa shape index (κ1) is 23.1. The quantitative estimate of drug-likeness (QED) is 0.489. The topological polar surface area (TPSA) is 134 Å². The summed E-state index contributed by atoms with van der Waals surface area (Å²) in [6, 6.07) is 10.7. The van der Waals surface area contributed by atoms with Crippen LogP contribution in [0.2, 0.25) is 0 Å². The molecule has 3 rings (SSSR count). The van der Waals surface area contributed by atoms with Gasteiger partial charge in [0.05, 0.1) is 11.4 Å². The molecule has 0 radical (unpaired) electrons. The van der Waals surface area contributed by atoms with Crippen molar-refractivity contribution in [3.8, 4) is 0 Å². The van der Waals surface area contributed by atoms with E-state index in [0.717, 1.165) is 0 Å². The lowest BCUT2D eigenvalue weighted by Gasteiger charge is -2.20. The Morgan fingerprint density at radius 3 is 2.44 bits per heavy atom. The number of anilines is 2. The van der Waals surface area contributed by atoms with Crippen molar-refractivity contribution < 1.29 is 22.4 Å². The standard InChI is InChI=1S/C21H22FN5O4S/c1-2-11-24-32(30,31)13-14-3-7-16(8-4-14)25-21(29)18-12-19(20(23)28)27(26-18)17-9-5-15(22)6-10-17/h2-10,19,24H,1,11-13H2,(H2,23,28)(H,25,29). The molecule has 1 aliphatic heterocycles. The Balaban J connectivity index is 1.69. The van der Waals surface area contributed by atoms with Gasteiger partial charge < -0.3 is 11.1 Å². The molecule has 0 fully saturated rings. The molecule has 2 amide bonds. The van der Waals surface area contributed by atoms with Gasteiger partial charge in [0, 0.05) is 18.7 Å². The van der Waals surface area contributed by atoms with E-state index < -0.39 is 33.7 Å². The van der Waals surface area contributed by atoms with Gasteiger partial charge in [0.15, 0.2) is 0 Å².